The molecule has 8 nitrogen and oxygen atoms in total. The average Bonchev–Trinajstić information content (AvgIpc) is 3.17. The number of hydrogen-bond donors (Lipinski definition) is 2. The van der Waals surface area contributed by atoms with E-state index >= 15 is 0 Å². The molecule has 1 aliphatic rings. The van der Waals surface area contributed by atoms with Crippen LogP contribution in [-0.4, -0.2) is 33.4 Å². The van der Waals surface area contributed by atoms with E-state index < -0.39 is 12.3 Å². The zero-order chi connectivity index (χ0) is 25.0. The lowest BCUT2D eigenvalue weighted by Gasteiger charge is -2.33. The van der Waals surface area contributed by atoms with Crippen LogP contribution in [0.5, 0.6) is 5.75 Å². The fourth-order valence-electron chi connectivity index (χ4n) is 3.89. The van der Waals surface area contributed by atoms with Gasteiger partial charge < -0.3 is 15.4 Å². The van der Waals surface area contributed by atoms with Gasteiger partial charge >= 0.3 is 6.36 Å². The van der Waals surface area contributed by atoms with Crippen molar-refractivity contribution in [3.63, 3.8) is 0 Å². The minimum absolute atomic E-state index is 0.121. The van der Waals surface area contributed by atoms with Crippen LogP contribution < -0.4 is 15.4 Å². The van der Waals surface area contributed by atoms with Gasteiger partial charge in [0, 0.05) is 19.0 Å². The number of nitrogens with one attached hydrogen (secondary N) is 2. The van der Waals surface area contributed by atoms with Crippen molar-refractivity contribution in [1.82, 2.24) is 15.2 Å². The molecule has 0 unspecified atom stereocenters. The monoisotopic (exact) mass is 505 g/mol. The Balaban J connectivity index is 1.24. The second-order valence-electron chi connectivity index (χ2n) is 8.34. The van der Waals surface area contributed by atoms with Crippen LogP contribution in [0.3, 0.4) is 0 Å². The minimum Gasteiger partial charge on any atom is -0.406 e. The second kappa shape index (κ2) is 10.4. The summed E-state index contributed by atoms with van der Waals surface area (Å²) in [5.41, 5.74) is 1.48. The van der Waals surface area contributed by atoms with Crippen molar-refractivity contribution in [2.24, 2.45) is 5.92 Å². The van der Waals surface area contributed by atoms with Crippen molar-refractivity contribution < 1.29 is 27.5 Å². The Kier molecular flexibility index (Phi) is 7.29. The molecular weight excluding hydrogens is 483 g/mol. The van der Waals surface area contributed by atoms with Crippen molar-refractivity contribution in [1.29, 1.82) is 0 Å². The van der Waals surface area contributed by atoms with Crippen LogP contribution in [0.15, 0.2) is 42.6 Å². The SMILES string of the molecule is CC(=O)Nc1ccc(CC2CC(c3nnc(NC(=O)Cc4cccc(OC(F)(F)F)c4)s3)C2)cn1. The Morgan fingerprint density at radius 3 is 2.60 bits per heavy atom. The van der Waals surface area contributed by atoms with Gasteiger partial charge in [0.2, 0.25) is 16.9 Å². The van der Waals surface area contributed by atoms with Crippen LogP contribution in [0.4, 0.5) is 24.1 Å². The van der Waals surface area contributed by atoms with Gasteiger partial charge in [0.25, 0.3) is 0 Å². The number of nitrogens with zero attached hydrogens (tertiary/aromatic N) is 3. The van der Waals surface area contributed by atoms with Gasteiger partial charge in [0.1, 0.15) is 16.6 Å². The normalized spacial score (nSPS) is 17.4. The highest BCUT2D eigenvalue weighted by Gasteiger charge is 2.33. The summed E-state index contributed by atoms with van der Waals surface area (Å²) in [6, 6.07) is 9.03. The van der Waals surface area contributed by atoms with Gasteiger partial charge in [-0.15, -0.1) is 23.4 Å². The van der Waals surface area contributed by atoms with Gasteiger partial charge in [0.15, 0.2) is 0 Å². The molecule has 2 N–H and O–H groups in total. The number of halogens is 3. The molecule has 0 aliphatic heterocycles. The molecule has 0 atom stereocenters. The molecule has 35 heavy (non-hydrogen) atoms. The van der Waals surface area contributed by atoms with Crippen molar-refractivity contribution in [2.75, 3.05) is 10.6 Å². The van der Waals surface area contributed by atoms with Gasteiger partial charge in [0.05, 0.1) is 6.42 Å². The van der Waals surface area contributed by atoms with Crippen LogP contribution in [0.1, 0.15) is 41.8 Å². The van der Waals surface area contributed by atoms with Gasteiger partial charge in [-0.25, -0.2) is 4.98 Å². The Bertz CT molecular complexity index is 1190. The smallest absolute Gasteiger partial charge is 0.406 e. The molecule has 1 aliphatic carbocycles. The van der Waals surface area contributed by atoms with Crippen molar-refractivity contribution in [2.45, 2.75) is 44.9 Å². The topological polar surface area (TPSA) is 106 Å². The third-order valence-corrected chi connectivity index (χ3v) is 6.42. The molecule has 2 heterocycles. The fourth-order valence-corrected chi connectivity index (χ4v) is 4.77. The minimum atomic E-state index is -4.79. The molecule has 1 saturated carbocycles. The number of amides is 2. The number of carbonyl (C=O) groups excluding carboxylic acids is 2. The summed E-state index contributed by atoms with van der Waals surface area (Å²) >= 11 is 1.30. The quantitative estimate of drug-likeness (QED) is 0.459. The lowest BCUT2D eigenvalue weighted by molar-refractivity contribution is -0.274. The van der Waals surface area contributed by atoms with E-state index in [-0.39, 0.29) is 24.0 Å². The summed E-state index contributed by atoms with van der Waals surface area (Å²) in [4.78, 5) is 27.6. The van der Waals surface area contributed by atoms with Crippen LogP contribution >= 0.6 is 11.3 Å². The molecule has 0 spiro atoms. The molecule has 184 valence electrons. The molecule has 0 saturated heterocycles. The number of rotatable bonds is 8. The summed E-state index contributed by atoms with van der Waals surface area (Å²) in [5, 5.41) is 14.7. The molecule has 1 fully saturated rings. The maximum atomic E-state index is 12.4. The van der Waals surface area contributed by atoms with Crippen molar-refractivity contribution >= 4 is 34.1 Å². The average molecular weight is 506 g/mol. The molecule has 4 rings (SSSR count). The molecular formula is C23H22F3N5O3S. The van der Waals surface area contributed by atoms with E-state index in [1.54, 1.807) is 18.3 Å². The van der Waals surface area contributed by atoms with E-state index in [2.05, 4.69) is 30.6 Å². The molecule has 3 aromatic rings. The molecule has 0 radical (unpaired) electrons. The summed E-state index contributed by atoms with van der Waals surface area (Å²) in [6.45, 7) is 1.43. The summed E-state index contributed by atoms with van der Waals surface area (Å²) in [7, 11) is 0. The lowest BCUT2D eigenvalue weighted by atomic mass is 9.72. The molecule has 2 amide bonds. The zero-order valence-electron chi connectivity index (χ0n) is 18.6. The number of aromatic nitrogens is 3. The first-order chi connectivity index (χ1) is 16.6. The van der Waals surface area contributed by atoms with E-state index in [9.17, 15) is 22.8 Å². The summed E-state index contributed by atoms with van der Waals surface area (Å²) < 4.78 is 41.0. The van der Waals surface area contributed by atoms with Crippen LogP contribution in [0.2, 0.25) is 0 Å². The molecule has 12 heteroatoms. The molecule has 0 bridgehead atoms. The highest BCUT2D eigenvalue weighted by molar-refractivity contribution is 7.15. The molecule has 2 aromatic heterocycles. The van der Waals surface area contributed by atoms with E-state index in [0.717, 1.165) is 29.8 Å². The third kappa shape index (κ3) is 7.22. The predicted octanol–water partition coefficient (Wildman–Crippen LogP) is 4.71. The number of hydrogen-bond acceptors (Lipinski definition) is 7. The summed E-state index contributed by atoms with van der Waals surface area (Å²) in [6.07, 6.45) is -0.376. The first-order valence-electron chi connectivity index (χ1n) is 10.8. The van der Waals surface area contributed by atoms with Gasteiger partial charge in [-0.05, 0) is 54.5 Å². The lowest BCUT2D eigenvalue weighted by Crippen LogP contribution is -2.23. The van der Waals surface area contributed by atoms with Crippen molar-refractivity contribution in [3.05, 3.63) is 58.7 Å². The number of pyridine rings is 1. The van der Waals surface area contributed by atoms with E-state index in [0.29, 0.717) is 22.4 Å². The highest BCUT2D eigenvalue weighted by atomic mass is 32.1. The highest BCUT2D eigenvalue weighted by Crippen LogP contribution is 2.44. The third-order valence-electron chi connectivity index (χ3n) is 5.42. The van der Waals surface area contributed by atoms with E-state index in [1.165, 1.54) is 36.5 Å². The molecule has 1 aromatic carbocycles. The first kappa shape index (κ1) is 24.6. The maximum absolute atomic E-state index is 12.4. The number of alkyl halides is 3. The van der Waals surface area contributed by atoms with E-state index in [1.807, 2.05) is 6.07 Å². The Hall–Kier alpha value is -3.54. The van der Waals surface area contributed by atoms with Crippen LogP contribution in [0, 0.1) is 5.92 Å². The second-order valence-corrected chi connectivity index (χ2v) is 9.35. The fraction of sp³-hybridized carbons (Fsp3) is 0.348. The van der Waals surface area contributed by atoms with Gasteiger partial charge in [-0.2, -0.15) is 0 Å². The van der Waals surface area contributed by atoms with Gasteiger partial charge in [-0.3, -0.25) is 9.59 Å². The predicted molar refractivity (Wildman–Crippen MR) is 123 cm³/mol. The van der Waals surface area contributed by atoms with Crippen LogP contribution in [0.25, 0.3) is 0 Å². The zero-order valence-corrected chi connectivity index (χ0v) is 19.4. The number of ether oxygens (including phenoxy) is 1. The first-order valence-corrected chi connectivity index (χ1v) is 11.6. The van der Waals surface area contributed by atoms with Crippen LogP contribution in [-0.2, 0) is 22.4 Å². The Morgan fingerprint density at radius 1 is 1.11 bits per heavy atom. The Labute approximate surface area is 202 Å². The van der Waals surface area contributed by atoms with E-state index in [4.69, 9.17) is 0 Å². The summed E-state index contributed by atoms with van der Waals surface area (Å²) in [5.74, 6) is 0.342. The number of benzene rings is 1. The Morgan fingerprint density at radius 2 is 1.91 bits per heavy atom. The van der Waals surface area contributed by atoms with Gasteiger partial charge in [-0.1, -0.05) is 29.5 Å². The standard InChI is InChI=1S/C23H22F3N5O3S/c1-13(32)28-19-6-5-15(12-27-19)7-16-8-17(9-16)21-30-31-22(35-21)29-20(33)11-14-3-2-4-18(10-14)34-23(24,25)26/h2-6,10,12,16-17H,7-9,11H2,1H3,(H,27,28,32)(H,29,31,33). The largest absolute Gasteiger partial charge is 0.573 e. The van der Waals surface area contributed by atoms with Crippen molar-refractivity contribution in [3.8, 4) is 5.75 Å². The number of carbonyl (C=O) groups is 2. The maximum Gasteiger partial charge on any atom is 0.573 e. The number of anilines is 2.